The van der Waals surface area contributed by atoms with Crippen molar-refractivity contribution < 1.29 is 28.7 Å². The summed E-state index contributed by atoms with van der Waals surface area (Å²) < 4.78 is 9.43. The highest BCUT2D eigenvalue weighted by Crippen LogP contribution is 2.12. The molecule has 0 spiro atoms. The van der Waals surface area contributed by atoms with Crippen molar-refractivity contribution in [2.45, 2.75) is 194 Å². The van der Waals surface area contributed by atoms with Crippen LogP contribution >= 0.6 is 0 Å². The van der Waals surface area contributed by atoms with E-state index in [4.69, 9.17) is 9.47 Å². The van der Waals surface area contributed by atoms with Crippen molar-refractivity contribution in [3.05, 3.63) is 36.5 Å². The lowest BCUT2D eigenvalue weighted by Crippen LogP contribution is -2.12. The summed E-state index contributed by atoms with van der Waals surface area (Å²) in [5.74, 6) is -3.08. The van der Waals surface area contributed by atoms with Crippen LogP contribution in [0.2, 0.25) is 0 Å². The first kappa shape index (κ1) is 43.5. The zero-order chi connectivity index (χ0) is 33.8. The number of carbonyl (C=O) groups excluding carboxylic acids is 4. The Kier molecular flexibility index (Phi) is 33.4. The summed E-state index contributed by atoms with van der Waals surface area (Å²) in [6.45, 7) is 4.49. The molecule has 0 aliphatic carbocycles. The van der Waals surface area contributed by atoms with Gasteiger partial charge in [0, 0.05) is 25.0 Å². The first-order chi connectivity index (χ1) is 22.5. The second-order valence-electron chi connectivity index (χ2n) is 12.6. The van der Waals surface area contributed by atoms with Crippen LogP contribution in [0.15, 0.2) is 36.5 Å². The molecule has 0 radical (unpaired) electrons. The maximum absolute atomic E-state index is 11.9. The zero-order valence-corrected chi connectivity index (χ0v) is 29.7. The predicted molar refractivity (Wildman–Crippen MR) is 190 cm³/mol. The van der Waals surface area contributed by atoms with Gasteiger partial charge in [0.05, 0.1) is 0 Å². The molecule has 264 valence electrons. The van der Waals surface area contributed by atoms with E-state index in [-0.39, 0.29) is 12.8 Å². The molecule has 0 rings (SSSR count). The van der Waals surface area contributed by atoms with Crippen LogP contribution in [-0.2, 0) is 28.7 Å². The molecule has 0 heterocycles. The molecule has 0 bridgehead atoms. The van der Waals surface area contributed by atoms with Crippen molar-refractivity contribution >= 4 is 23.9 Å². The highest BCUT2D eigenvalue weighted by molar-refractivity contribution is 5.98. The monoisotopic (exact) mass is 645 g/mol. The minimum atomic E-state index is -0.931. The molecule has 0 aliphatic heterocycles. The Morgan fingerprint density at radius 3 is 0.935 bits per heavy atom. The average molecular weight is 645 g/mol. The fourth-order valence-corrected chi connectivity index (χ4v) is 5.21. The van der Waals surface area contributed by atoms with Crippen molar-refractivity contribution in [3.8, 4) is 0 Å². The van der Waals surface area contributed by atoms with Gasteiger partial charge in [-0.3, -0.25) is 9.59 Å². The largest absolute Gasteiger partial charge is 0.390 e. The minimum Gasteiger partial charge on any atom is -0.390 e. The third-order valence-electron chi connectivity index (χ3n) is 8.07. The number of carbonyl (C=O) groups is 4. The van der Waals surface area contributed by atoms with Crippen LogP contribution in [0.1, 0.15) is 194 Å². The third kappa shape index (κ3) is 34.4. The Morgan fingerprint density at radius 2 is 0.630 bits per heavy atom. The standard InChI is InChI=1S/C40H68O6/c1-3-5-7-9-11-13-15-17-19-21-23-25-27-29-31-33-37(41)45-39(43)35-36-40(44)46-38(42)34-32-30-28-26-24-22-20-18-16-14-12-10-8-6-4-2/h17-20,35-36H,3-16,21-34H2,1-2H3/b19-17-,20-18-,36-35-. The summed E-state index contributed by atoms with van der Waals surface area (Å²) in [7, 11) is 0. The Balaban J connectivity index is 3.65. The van der Waals surface area contributed by atoms with E-state index in [9.17, 15) is 19.2 Å². The number of hydrogen-bond donors (Lipinski definition) is 0. The van der Waals surface area contributed by atoms with Crippen LogP contribution in [-0.4, -0.2) is 23.9 Å². The van der Waals surface area contributed by atoms with Crippen molar-refractivity contribution in [1.82, 2.24) is 0 Å². The Bertz CT molecular complexity index is 773. The Morgan fingerprint density at radius 1 is 0.370 bits per heavy atom. The van der Waals surface area contributed by atoms with Gasteiger partial charge in [-0.2, -0.15) is 0 Å². The van der Waals surface area contributed by atoms with Gasteiger partial charge in [-0.15, -0.1) is 0 Å². The summed E-state index contributed by atoms with van der Waals surface area (Å²) in [6.07, 6.45) is 41.5. The van der Waals surface area contributed by atoms with Gasteiger partial charge < -0.3 is 9.47 Å². The van der Waals surface area contributed by atoms with E-state index in [1.54, 1.807) is 0 Å². The summed E-state index contributed by atoms with van der Waals surface area (Å²) in [5, 5.41) is 0. The van der Waals surface area contributed by atoms with Crippen LogP contribution < -0.4 is 0 Å². The van der Waals surface area contributed by atoms with E-state index in [1.807, 2.05) is 0 Å². The molecule has 0 aromatic heterocycles. The fourth-order valence-electron chi connectivity index (χ4n) is 5.21. The average Bonchev–Trinajstić information content (AvgIpc) is 3.03. The zero-order valence-electron chi connectivity index (χ0n) is 29.7. The summed E-state index contributed by atoms with van der Waals surface area (Å²) in [6, 6.07) is 0. The number of esters is 4. The topological polar surface area (TPSA) is 86.7 Å². The number of allylic oxidation sites excluding steroid dienone is 4. The van der Waals surface area contributed by atoms with Crippen LogP contribution in [0.5, 0.6) is 0 Å². The molecule has 0 aromatic carbocycles. The minimum absolute atomic E-state index is 0.163. The summed E-state index contributed by atoms with van der Waals surface area (Å²) >= 11 is 0. The quantitative estimate of drug-likeness (QED) is 0.0238. The SMILES string of the molecule is CCCCCCCC/C=C\CCCCCCCC(=O)OC(=O)/C=C\C(=O)OC(=O)CCCCCCC/C=C\CCCCCCCC. The molecule has 0 aliphatic rings. The van der Waals surface area contributed by atoms with Crippen LogP contribution in [0.25, 0.3) is 0 Å². The summed E-state index contributed by atoms with van der Waals surface area (Å²) in [5.41, 5.74) is 0. The summed E-state index contributed by atoms with van der Waals surface area (Å²) in [4.78, 5) is 47.3. The van der Waals surface area contributed by atoms with E-state index in [2.05, 4.69) is 38.2 Å². The number of ether oxygens (including phenoxy) is 2. The number of unbranched alkanes of at least 4 members (excludes halogenated alkanes) is 22. The first-order valence-corrected chi connectivity index (χ1v) is 19.0. The Labute approximate surface area is 282 Å². The van der Waals surface area contributed by atoms with Gasteiger partial charge in [-0.1, -0.05) is 141 Å². The third-order valence-corrected chi connectivity index (χ3v) is 8.07. The van der Waals surface area contributed by atoms with Crippen LogP contribution in [0.4, 0.5) is 0 Å². The van der Waals surface area contributed by atoms with E-state index in [0.717, 1.165) is 76.4 Å². The molecule has 46 heavy (non-hydrogen) atoms. The van der Waals surface area contributed by atoms with E-state index >= 15 is 0 Å². The molecular weight excluding hydrogens is 576 g/mol. The maximum Gasteiger partial charge on any atom is 0.338 e. The number of rotatable bonds is 32. The van der Waals surface area contributed by atoms with E-state index < -0.39 is 23.9 Å². The van der Waals surface area contributed by atoms with Crippen molar-refractivity contribution in [3.63, 3.8) is 0 Å². The van der Waals surface area contributed by atoms with Gasteiger partial charge in [0.2, 0.25) is 0 Å². The van der Waals surface area contributed by atoms with E-state index in [0.29, 0.717) is 12.8 Å². The molecule has 0 aromatic rings. The molecule has 0 amide bonds. The lowest BCUT2D eigenvalue weighted by molar-refractivity contribution is -0.159. The molecule has 0 saturated carbocycles. The molecule has 0 atom stereocenters. The highest BCUT2D eigenvalue weighted by atomic mass is 16.6. The van der Waals surface area contributed by atoms with Gasteiger partial charge in [-0.05, 0) is 64.2 Å². The normalized spacial score (nSPS) is 11.6. The van der Waals surface area contributed by atoms with E-state index in [1.165, 1.54) is 89.9 Å². The van der Waals surface area contributed by atoms with Crippen LogP contribution in [0.3, 0.4) is 0 Å². The van der Waals surface area contributed by atoms with Gasteiger partial charge in [-0.25, -0.2) is 9.59 Å². The lowest BCUT2D eigenvalue weighted by atomic mass is 10.1. The van der Waals surface area contributed by atoms with Gasteiger partial charge in [0.1, 0.15) is 0 Å². The smallest absolute Gasteiger partial charge is 0.338 e. The second-order valence-corrected chi connectivity index (χ2v) is 12.6. The second kappa shape index (κ2) is 35.4. The molecule has 6 heteroatoms. The molecule has 6 nitrogen and oxygen atoms in total. The van der Waals surface area contributed by atoms with Gasteiger partial charge >= 0.3 is 23.9 Å². The van der Waals surface area contributed by atoms with Gasteiger partial charge in [0.25, 0.3) is 0 Å². The van der Waals surface area contributed by atoms with Crippen LogP contribution in [0, 0.1) is 0 Å². The van der Waals surface area contributed by atoms with Crippen molar-refractivity contribution in [1.29, 1.82) is 0 Å². The fraction of sp³-hybridized carbons (Fsp3) is 0.750. The molecule has 0 unspecified atom stereocenters. The van der Waals surface area contributed by atoms with Crippen molar-refractivity contribution in [2.24, 2.45) is 0 Å². The number of hydrogen-bond acceptors (Lipinski definition) is 6. The molecule has 0 N–H and O–H groups in total. The molecule has 0 fully saturated rings. The maximum atomic E-state index is 11.9. The molecular formula is C40H68O6. The Hall–Kier alpha value is -2.50. The lowest BCUT2D eigenvalue weighted by Gasteiger charge is -2.02. The highest BCUT2D eigenvalue weighted by Gasteiger charge is 2.11. The molecule has 0 saturated heterocycles. The first-order valence-electron chi connectivity index (χ1n) is 19.0. The van der Waals surface area contributed by atoms with Crippen molar-refractivity contribution in [2.75, 3.05) is 0 Å². The van der Waals surface area contributed by atoms with Gasteiger partial charge in [0.15, 0.2) is 0 Å². The predicted octanol–water partition coefficient (Wildman–Crippen LogP) is 11.8.